The monoisotopic (exact) mass is 392 g/mol. The van der Waals surface area contributed by atoms with Crippen molar-refractivity contribution in [3.63, 3.8) is 0 Å². The van der Waals surface area contributed by atoms with Crippen LogP contribution in [0.4, 0.5) is 0 Å². The van der Waals surface area contributed by atoms with Crippen LogP contribution in [0.1, 0.15) is 60.0 Å². The van der Waals surface area contributed by atoms with E-state index in [1.807, 2.05) is 0 Å². The van der Waals surface area contributed by atoms with Crippen LogP contribution in [0.5, 0.6) is 0 Å². The number of amides is 2. The molecule has 1 aromatic rings. The zero-order valence-electron chi connectivity index (χ0n) is 16.7. The molecule has 1 fully saturated rings. The van der Waals surface area contributed by atoms with Gasteiger partial charge in [-0.2, -0.15) is 0 Å². The summed E-state index contributed by atoms with van der Waals surface area (Å²) in [6, 6.07) is 0.148. The second kappa shape index (κ2) is 8.30. The van der Waals surface area contributed by atoms with Gasteiger partial charge in [0.15, 0.2) is 5.69 Å². The first-order chi connectivity index (χ1) is 13.4. The molecule has 9 nitrogen and oxygen atoms in total. The molecule has 1 atom stereocenters. The van der Waals surface area contributed by atoms with E-state index in [9.17, 15) is 14.4 Å². The van der Waals surface area contributed by atoms with Gasteiger partial charge in [-0.15, -0.1) is 0 Å². The minimum Gasteiger partial charge on any atom is -0.464 e. The number of esters is 1. The number of nitrogens with one attached hydrogen (secondary N) is 1. The highest BCUT2D eigenvalue weighted by atomic mass is 16.5. The largest absolute Gasteiger partial charge is 0.464 e. The Morgan fingerprint density at radius 1 is 1.32 bits per heavy atom. The normalized spacial score (nSPS) is 22.2. The molecule has 0 saturated heterocycles. The fraction of sp³-hybridized carbons (Fsp3) is 0.684. The molecule has 0 spiro atoms. The molecule has 154 valence electrons. The number of imidazole rings is 1. The molecule has 9 heteroatoms. The van der Waals surface area contributed by atoms with Gasteiger partial charge in [-0.05, 0) is 26.2 Å². The van der Waals surface area contributed by atoms with Crippen molar-refractivity contribution in [2.24, 2.45) is 0 Å². The van der Waals surface area contributed by atoms with E-state index in [1.54, 1.807) is 23.5 Å². The van der Waals surface area contributed by atoms with Crippen LogP contribution in [-0.4, -0.2) is 71.2 Å². The van der Waals surface area contributed by atoms with Crippen molar-refractivity contribution in [2.75, 3.05) is 27.4 Å². The maximum Gasteiger partial charge on any atom is 0.359 e. The summed E-state index contributed by atoms with van der Waals surface area (Å²) >= 11 is 0. The highest BCUT2D eigenvalue weighted by molar-refractivity contribution is 6.06. The van der Waals surface area contributed by atoms with Crippen LogP contribution in [0, 0.1) is 0 Å². The Labute approximate surface area is 164 Å². The summed E-state index contributed by atoms with van der Waals surface area (Å²) in [6.45, 7) is 2.80. The first kappa shape index (κ1) is 20.3. The quantitative estimate of drug-likeness (QED) is 0.548. The fourth-order valence-electron chi connectivity index (χ4n) is 4.06. The standard InChI is InChI=1S/C19H28N4O5/c1-19(18(26)21-13-7-4-5-8-13)11-22-12-20-14(17(25)28-3)15(22)16(24)23(19)9-6-10-27-2/h12-13H,4-11H2,1-3H3,(H,21,26). The van der Waals surface area contributed by atoms with E-state index in [4.69, 9.17) is 9.47 Å². The average molecular weight is 392 g/mol. The van der Waals surface area contributed by atoms with Crippen LogP contribution < -0.4 is 5.32 Å². The summed E-state index contributed by atoms with van der Waals surface area (Å²) in [5, 5.41) is 3.11. The Balaban J connectivity index is 1.93. The zero-order valence-corrected chi connectivity index (χ0v) is 16.7. The van der Waals surface area contributed by atoms with Crippen molar-refractivity contribution in [3.8, 4) is 0 Å². The first-order valence-electron chi connectivity index (χ1n) is 9.67. The third kappa shape index (κ3) is 3.63. The molecular weight excluding hydrogens is 364 g/mol. The Bertz CT molecular complexity index is 756. The minimum atomic E-state index is -1.07. The Morgan fingerprint density at radius 2 is 2.04 bits per heavy atom. The lowest BCUT2D eigenvalue weighted by atomic mass is 9.93. The number of nitrogens with zero attached hydrogens (tertiary/aromatic N) is 3. The summed E-state index contributed by atoms with van der Waals surface area (Å²) in [5.74, 6) is -1.24. The molecule has 0 bridgehead atoms. The third-order valence-electron chi connectivity index (χ3n) is 5.65. The van der Waals surface area contributed by atoms with E-state index >= 15 is 0 Å². The molecule has 1 aromatic heterocycles. The lowest BCUT2D eigenvalue weighted by Crippen LogP contribution is -2.65. The highest BCUT2D eigenvalue weighted by Crippen LogP contribution is 2.30. The van der Waals surface area contributed by atoms with Gasteiger partial charge in [-0.3, -0.25) is 9.59 Å². The number of hydrogen-bond acceptors (Lipinski definition) is 6. The van der Waals surface area contributed by atoms with Gasteiger partial charge in [-0.25, -0.2) is 9.78 Å². The van der Waals surface area contributed by atoms with E-state index in [0.717, 1.165) is 25.7 Å². The van der Waals surface area contributed by atoms with Crippen molar-refractivity contribution in [2.45, 2.75) is 57.2 Å². The Kier molecular flexibility index (Phi) is 6.02. The van der Waals surface area contributed by atoms with Crippen molar-refractivity contribution >= 4 is 17.8 Å². The molecule has 3 rings (SSSR count). The number of ether oxygens (including phenoxy) is 2. The summed E-state index contributed by atoms with van der Waals surface area (Å²) in [5.41, 5.74) is -0.938. The summed E-state index contributed by atoms with van der Waals surface area (Å²) in [6.07, 6.45) is 6.13. The second-order valence-electron chi connectivity index (χ2n) is 7.59. The zero-order chi connectivity index (χ0) is 20.3. The Hall–Kier alpha value is -2.42. The molecule has 0 aromatic carbocycles. The van der Waals surface area contributed by atoms with Crippen molar-refractivity contribution < 1.29 is 23.9 Å². The third-order valence-corrected chi connectivity index (χ3v) is 5.65. The molecule has 2 amide bonds. The van der Waals surface area contributed by atoms with Gasteiger partial charge in [0.2, 0.25) is 5.91 Å². The Morgan fingerprint density at radius 3 is 2.68 bits per heavy atom. The van der Waals surface area contributed by atoms with Gasteiger partial charge >= 0.3 is 5.97 Å². The van der Waals surface area contributed by atoms with E-state index in [-0.39, 0.29) is 29.9 Å². The lowest BCUT2D eigenvalue weighted by molar-refractivity contribution is -0.133. The summed E-state index contributed by atoms with van der Waals surface area (Å²) in [4.78, 5) is 44.1. The van der Waals surface area contributed by atoms with Crippen LogP contribution in [0.15, 0.2) is 6.33 Å². The molecule has 1 unspecified atom stereocenters. The van der Waals surface area contributed by atoms with Crippen molar-refractivity contribution in [1.82, 2.24) is 19.8 Å². The van der Waals surface area contributed by atoms with Crippen LogP contribution in [0.25, 0.3) is 0 Å². The number of methoxy groups -OCH3 is 2. The molecule has 28 heavy (non-hydrogen) atoms. The maximum absolute atomic E-state index is 13.3. The summed E-state index contributed by atoms with van der Waals surface area (Å²) < 4.78 is 11.4. The molecule has 2 aliphatic rings. The number of rotatable bonds is 7. The molecule has 2 heterocycles. The van der Waals surface area contributed by atoms with Gasteiger partial charge in [0, 0.05) is 26.3 Å². The minimum absolute atomic E-state index is 0.0255. The van der Waals surface area contributed by atoms with E-state index in [1.165, 1.54) is 13.4 Å². The second-order valence-corrected chi connectivity index (χ2v) is 7.59. The molecule has 0 radical (unpaired) electrons. The predicted octanol–water partition coefficient (Wildman–Crippen LogP) is 0.980. The average Bonchev–Trinajstić information content (AvgIpc) is 3.33. The van der Waals surface area contributed by atoms with Crippen molar-refractivity contribution in [3.05, 3.63) is 17.7 Å². The molecule has 1 saturated carbocycles. The highest BCUT2D eigenvalue weighted by Gasteiger charge is 2.49. The first-order valence-corrected chi connectivity index (χ1v) is 9.67. The number of carbonyl (C=O) groups excluding carboxylic acids is 3. The number of carbonyl (C=O) groups is 3. The summed E-state index contributed by atoms with van der Waals surface area (Å²) in [7, 11) is 2.84. The molecule has 1 aliphatic heterocycles. The van der Waals surface area contributed by atoms with E-state index in [0.29, 0.717) is 19.6 Å². The van der Waals surface area contributed by atoms with Gasteiger partial charge in [0.1, 0.15) is 11.2 Å². The van der Waals surface area contributed by atoms with E-state index < -0.39 is 17.4 Å². The van der Waals surface area contributed by atoms with Crippen LogP contribution in [0.2, 0.25) is 0 Å². The SMILES string of the molecule is COCCCN1C(=O)c2c(C(=O)OC)ncn2CC1(C)C(=O)NC1CCCC1. The number of hydrogen-bond donors (Lipinski definition) is 1. The number of aromatic nitrogens is 2. The van der Waals surface area contributed by atoms with Crippen LogP contribution in [0.3, 0.4) is 0 Å². The van der Waals surface area contributed by atoms with Gasteiger partial charge < -0.3 is 24.3 Å². The van der Waals surface area contributed by atoms with E-state index in [2.05, 4.69) is 10.3 Å². The van der Waals surface area contributed by atoms with Gasteiger partial charge in [0.05, 0.1) is 20.0 Å². The smallest absolute Gasteiger partial charge is 0.359 e. The molecular formula is C19H28N4O5. The predicted molar refractivity (Wildman–Crippen MR) is 99.9 cm³/mol. The number of fused-ring (bicyclic) bond motifs is 1. The van der Waals surface area contributed by atoms with Gasteiger partial charge in [0.25, 0.3) is 5.91 Å². The van der Waals surface area contributed by atoms with Crippen molar-refractivity contribution in [1.29, 1.82) is 0 Å². The maximum atomic E-state index is 13.3. The fourth-order valence-corrected chi connectivity index (χ4v) is 4.06. The molecule has 1 N–H and O–H groups in total. The molecule has 1 aliphatic carbocycles. The van der Waals surface area contributed by atoms with Crippen LogP contribution >= 0.6 is 0 Å². The van der Waals surface area contributed by atoms with Gasteiger partial charge in [-0.1, -0.05) is 12.8 Å². The topological polar surface area (TPSA) is 103 Å². The van der Waals surface area contributed by atoms with Crippen LogP contribution in [-0.2, 0) is 20.8 Å². The lowest BCUT2D eigenvalue weighted by Gasteiger charge is -2.44.